The quantitative estimate of drug-likeness (QED) is 0.568. The number of rotatable bonds is 7. The number of alkyl halides is 1. The van der Waals surface area contributed by atoms with Gasteiger partial charge in [-0.2, -0.15) is 0 Å². The van der Waals surface area contributed by atoms with Gasteiger partial charge in [0.05, 0.1) is 6.61 Å². The highest BCUT2D eigenvalue weighted by atomic mass is 35.5. The van der Waals surface area contributed by atoms with Gasteiger partial charge in [0.15, 0.2) is 0 Å². The fraction of sp³-hybridized carbons (Fsp3) is 0.619. The minimum Gasteiger partial charge on any atom is -0.494 e. The third-order valence-electron chi connectivity index (χ3n) is 4.86. The van der Waals surface area contributed by atoms with Crippen molar-refractivity contribution in [1.29, 1.82) is 0 Å². The monoisotopic (exact) mass is 394 g/mol. The summed E-state index contributed by atoms with van der Waals surface area (Å²) in [5.74, 6) is 0.869. The van der Waals surface area contributed by atoms with Crippen LogP contribution in [-0.4, -0.2) is 48.3 Å². The van der Waals surface area contributed by atoms with Gasteiger partial charge in [-0.25, -0.2) is 0 Å². The predicted octanol–water partition coefficient (Wildman–Crippen LogP) is 3.49. The number of hydrogen-bond acceptors (Lipinski definition) is 3. The van der Waals surface area contributed by atoms with Crippen molar-refractivity contribution in [3.05, 3.63) is 29.8 Å². The third kappa shape index (κ3) is 7.06. The lowest BCUT2D eigenvalue weighted by atomic mass is 9.87. The third-order valence-corrected chi connectivity index (χ3v) is 5.09. The van der Waals surface area contributed by atoms with Gasteiger partial charge in [-0.3, -0.25) is 9.59 Å². The van der Waals surface area contributed by atoms with Crippen molar-refractivity contribution in [2.75, 3.05) is 25.6 Å². The molecule has 1 aromatic rings. The van der Waals surface area contributed by atoms with Gasteiger partial charge in [-0.05, 0) is 42.4 Å². The van der Waals surface area contributed by atoms with E-state index in [1.165, 1.54) is 5.56 Å². The van der Waals surface area contributed by atoms with Gasteiger partial charge in [0.25, 0.3) is 0 Å². The summed E-state index contributed by atoms with van der Waals surface area (Å²) in [6.45, 7) is 8.38. The average Bonchev–Trinajstić information content (AvgIpc) is 2.65. The molecule has 27 heavy (non-hydrogen) atoms. The van der Waals surface area contributed by atoms with Crippen LogP contribution < -0.4 is 10.1 Å². The molecule has 0 aromatic heterocycles. The number of carbonyl (C=O) groups is 2. The smallest absolute Gasteiger partial charge is 0.237 e. The molecule has 0 radical (unpaired) electrons. The lowest BCUT2D eigenvalue weighted by Crippen LogP contribution is -2.46. The van der Waals surface area contributed by atoms with E-state index < -0.39 is 0 Å². The second-order valence-corrected chi connectivity index (χ2v) is 8.35. The topological polar surface area (TPSA) is 58.6 Å². The van der Waals surface area contributed by atoms with Crippen molar-refractivity contribution in [2.24, 2.45) is 0 Å². The van der Waals surface area contributed by atoms with Crippen molar-refractivity contribution in [3.63, 3.8) is 0 Å². The summed E-state index contributed by atoms with van der Waals surface area (Å²) in [6, 6.07) is 8.28. The molecular formula is C21H31ClN2O3. The second-order valence-electron chi connectivity index (χ2n) is 8.08. The van der Waals surface area contributed by atoms with Gasteiger partial charge in [-0.1, -0.05) is 32.9 Å². The number of amides is 2. The zero-order valence-corrected chi connectivity index (χ0v) is 17.3. The highest BCUT2D eigenvalue weighted by Crippen LogP contribution is 2.24. The Bertz CT molecular complexity index is 617. The molecule has 0 unspecified atom stereocenters. The molecular weight excluding hydrogens is 364 g/mol. The molecule has 2 rings (SSSR count). The Labute approximate surface area is 167 Å². The van der Waals surface area contributed by atoms with Crippen molar-refractivity contribution >= 4 is 23.4 Å². The van der Waals surface area contributed by atoms with Crippen LogP contribution in [0.4, 0.5) is 0 Å². The van der Waals surface area contributed by atoms with Crippen LogP contribution in [0.5, 0.6) is 5.75 Å². The molecule has 1 heterocycles. The molecule has 1 aliphatic rings. The Hall–Kier alpha value is -1.75. The van der Waals surface area contributed by atoms with Crippen LogP contribution in [0.15, 0.2) is 24.3 Å². The molecule has 0 atom stereocenters. The highest BCUT2D eigenvalue weighted by Gasteiger charge is 2.23. The van der Waals surface area contributed by atoms with Gasteiger partial charge in [-0.15, -0.1) is 11.6 Å². The first-order valence-electron chi connectivity index (χ1n) is 9.66. The molecule has 1 aliphatic heterocycles. The molecule has 150 valence electrons. The van der Waals surface area contributed by atoms with Crippen LogP contribution >= 0.6 is 11.6 Å². The maximum atomic E-state index is 12.1. The SMILES string of the molecule is CC(C)(C)c1ccc(OCCCC(=O)NC2CCN(C(=O)CCl)CC2)cc1. The highest BCUT2D eigenvalue weighted by molar-refractivity contribution is 6.27. The summed E-state index contributed by atoms with van der Waals surface area (Å²) in [5, 5.41) is 3.05. The zero-order valence-electron chi connectivity index (χ0n) is 16.6. The zero-order chi connectivity index (χ0) is 19.9. The summed E-state index contributed by atoms with van der Waals surface area (Å²) in [5.41, 5.74) is 1.40. The molecule has 0 saturated carbocycles. The number of ether oxygens (including phenoxy) is 1. The minimum atomic E-state index is -0.0332. The molecule has 0 aliphatic carbocycles. The van der Waals surface area contributed by atoms with Crippen LogP contribution in [0.2, 0.25) is 0 Å². The summed E-state index contributed by atoms with van der Waals surface area (Å²) in [4.78, 5) is 25.4. The Morgan fingerprint density at radius 1 is 1.19 bits per heavy atom. The first-order chi connectivity index (χ1) is 12.8. The summed E-state index contributed by atoms with van der Waals surface area (Å²) in [7, 11) is 0. The number of piperidine rings is 1. The molecule has 0 bridgehead atoms. The van der Waals surface area contributed by atoms with E-state index in [2.05, 4.69) is 38.2 Å². The number of nitrogens with one attached hydrogen (secondary N) is 1. The largest absolute Gasteiger partial charge is 0.494 e. The molecule has 1 N–H and O–H groups in total. The van der Waals surface area contributed by atoms with Crippen molar-refractivity contribution < 1.29 is 14.3 Å². The number of benzene rings is 1. The lowest BCUT2D eigenvalue weighted by Gasteiger charge is -2.32. The van der Waals surface area contributed by atoms with Crippen LogP contribution in [0, 0.1) is 0 Å². The van der Waals surface area contributed by atoms with E-state index in [1.54, 1.807) is 4.90 Å². The van der Waals surface area contributed by atoms with Gasteiger partial charge < -0.3 is 15.0 Å². The maximum absolute atomic E-state index is 12.1. The van der Waals surface area contributed by atoms with E-state index in [4.69, 9.17) is 16.3 Å². The first kappa shape index (κ1) is 21.5. The standard InChI is InChI=1S/C21H31ClN2O3/c1-21(2,3)16-6-8-18(9-7-16)27-14-4-5-19(25)23-17-10-12-24(13-11-17)20(26)15-22/h6-9,17H,4-5,10-15H2,1-3H3,(H,23,25). The van der Waals surface area contributed by atoms with Gasteiger partial charge in [0.2, 0.25) is 11.8 Å². The Balaban J connectivity index is 1.62. The average molecular weight is 395 g/mol. The van der Waals surface area contributed by atoms with Crippen LogP contribution in [0.25, 0.3) is 0 Å². The molecule has 1 saturated heterocycles. The molecule has 5 nitrogen and oxygen atoms in total. The number of halogens is 1. The number of likely N-dealkylation sites (tertiary alicyclic amines) is 1. The van der Waals surface area contributed by atoms with E-state index in [9.17, 15) is 9.59 Å². The Kier molecular flexibility index (Phi) is 7.96. The second kappa shape index (κ2) is 9.98. The first-order valence-corrected chi connectivity index (χ1v) is 10.2. The van der Waals surface area contributed by atoms with Crippen LogP contribution in [0.1, 0.15) is 52.0 Å². The molecule has 1 aromatic carbocycles. The fourth-order valence-electron chi connectivity index (χ4n) is 3.13. The van der Waals surface area contributed by atoms with Gasteiger partial charge >= 0.3 is 0 Å². The Morgan fingerprint density at radius 3 is 2.37 bits per heavy atom. The molecule has 0 spiro atoms. The van der Waals surface area contributed by atoms with E-state index in [0.717, 1.165) is 18.6 Å². The van der Waals surface area contributed by atoms with Gasteiger partial charge in [0, 0.05) is 25.6 Å². The van der Waals surface area contributed by atoms with E-state index in [0.29, 0.717) is 32.5 Å². The van der Waals surface area contributed by atoms with Crippen molar-refractivity contribution in [2.45, 2.75) is 57.9 Å². The van der Waals surface area contributed by atoms with E-state index >= 15 is 0 Å². The number of carbonyl (C=O) groups excluding carboxylic acids is 2. The van der Waals surface area contributed by atoms with E-state index in [-0.39, 0.29) is 29.2 Å². The van der Waals surface area contributed by atoms with Gasteiger partial charge in [0.1, 0.15) is 11.6 Å². The number of hydrogen-bond donors (Lipinski definition) is 1. The molecule has 2 amide bonds. The normalized spacial score (nSPS) is 15.5. The van der Waals surface area contributed by atoms with E-state index in [1.807, 2.05) is 12.1 Å². The summed E-state index contributed by atoms with van der Waals surface area (Å²) < 4.78 is 5.73. The summed E-state index contributed by atoms with van der Waals surface area (Å²) in [6.07, 6.45) is 2.69. The maximum Gasteiger partial charge on any atom is 0.237 e. The summed E-state index contributed by atoms with van der Waals surface area (Å²) >= 11 is 5.58. The Morgan fingerprint density at radius 2 is 1.81 bits per heavy atom. The van der Waals surface area contributed by atoms with Crippen LogP contribution in [0.3, 0.4) is 0 Å². The van der Waals surface area contributed by atoms with Crippen molar-refractivity contribution in [1.82, 2.24) is 10.2 Å². The predicted molar refractivity (Wildman–Crippen MR) is 108 cm³/mol. The minimum absolute atomic E-state index is 0.0238. The molecule has 6 heteroatoms. The van der Waals surface area contributed by atoms with Crippen molar-refractivity contribution in [3.8, 4) is 5.75 Å². The fourth-order valence-corrected chi connectivity index (χ4v) is 3.30. The molecule has 1 fully saturated rings. The number of nitrogens with zero attached hydrogens (tertiary/aromatic N) is 1. The lowest BCUT2D eigenvalue weighted by molar-refractivity contribution is -0.129. The van der Waals surface area contributed by atoms with Crippen LogP contribution in [-0.2, 0) is 15.0 Å².